The second kappa shape index (κ2) is 16.2. The molecule has 2 fully saturated rings. The molecule has 10 nitrogen and oxygen atoms in total. The number of likely N-dealkylation sites (tertiary alicyclic amines) is 2. The number of anilines is 1. The number of hydrogen-bond acceptors (Lipinski definition) is 7. The van der Waals surface area contributed by atoms with E-state index < -0.39 is 28.7 Å². The molecule has 2 aromatic heterocycles. The second-order valence-electron chi connectivity index (χ2n) is 17.6. The molecule has 0 unspecified atom stereocenters. The summed E-state index contributed by atoms with van der Waals surface area (Å²) < 4.78 is 35.7. The number of aryl methyl sites for hydroxylation is 1. The first-order valence-electron chi connectivity index (χ1n) is 20.2. The number of benzene rings is 3. The van der Waals surface area contributed by atoms with Gasteiger partial charge >= 0.3 is 6.09 Å². The molecule has 2 saturated heterocycles. The van der Waals surface area contributed by atoms with Gasteiger partial charge in [-0.1, -0.05) is 30.3 Å². The number of H-pyrrole nitrogens is 1. The zero-order valence-corrected chi connectivity index (χ0v) is 34.3. The lowest BCUT2D eigenvalue weighted by molar-refractivity contribution is -0.00245. The van der Waals surface area contributed by atoms with Crippen molar-refractivity contribution in [1.29, 1.82) is 0 Å². The molecule has 306 valence electrons. The second-order valence-corrected chi connectivity index (χ2v) is 17.6. The van der Waals surface area contributed by atoms with E-state index in [1.165, 1.54) is 62.8 Å². The number of aromatic nitrogens is 3. The van der Waals surface area contributed by atoms with Crippen LogP contribution >= 0.6 is 0 Å². The molecule has 58 heavy (non-hydrogen) atoms. The standard InChI is InChI=1S/C46H54F2N6O4/c1-29-35(25-33(47)26-38(29)52-42(55)34-14-13-32(24-37(34)48)45(5,6)57)40-36-27-39(51-41(36)50-28-49-40)31-11-9-30(10-12-31)8-7-19-53-20-15-46(16-21-53)17-22-54(23-18-46)43(56)58-44(2,3)4/h9-14,24-28,57H,7-8,15-23H2,1-6H3,(H,52,55)(H,49,50,51). The number of nitrogens with zero attached hydrogens (tertiary/aromatic N) is 4. The van der Waals surface area contributed by atoms with Gasteiger partial charge in [-0.2, -0.15) is 0 Å². The maximum absolute atomic E-state index is 15.1. The van der Waals surface area contributed by atoms with Crippen LogP contribution in [-0.4, -0.2) is 80.2 Å². The molecule has 0 bridgehead atoms. The van der Waals surface area contributed by atoms with Crippen molar-refractivity contribution in [2.24, 2.45) is 5.41 Å². The van der Waals surface area contributed by atoms with Gasteiger partial charge in [0.2, 0.25) is 0 Å². The fourth-order valence-corrected chi connectivity index (χ4v) is 8.23. The number of aromatic amines is 1. The van der Waals surface area contributed by atoms with E-state index in [0.29, 0.717) is 38.8 Å². The minimum absolute atomic E-state index is 0.186. The van der Waals surface area contributed by atoms with Crippen molar-refractivity contribution in [3.8, 4) is 22.5 Å². The number of rotatable bonds is 9. The number of nitrogens with one attached hydrogen (secondary N) is 2. The van der Waals surface area contributed by atoms with E-state index in [1.54, 1.807) is 6.92 Å². The van der Waals surface area contributed by atoms with E-state index >= 15 is 4.39 Å². The zero-order valence-electron chi connectivity index (χ0n) is 34.3. The molecule has 2 aliphatic rings. The normalized spacial score (nSPS) is 16.2. The summed E-state index contributed by atoms with van der Waals surface area (Å²) in [6.45, 7) is 15.4. The highest BCUT2D eigenvalue weighted by Gasteiger charge is 2.39. The summed E-state index contributed by atoms with van der Waals surface area (Å²) >= 11 is 0. The summed E-state index contributed by atoms with van der Waals surface area (Å²) in [4.78, 5) is 42.5. The van der Waals surface area contributed by atoms with Gasteiger partial charge in [-0.05, 0) is 158 Å². The lowest BCUT2D eigenvalue weighted by Gasteiger charge is -2.46. The summed E-state index contributed by atoms with van der Waals surface area (Å²) in [7, 11) is 0. The average Bonchev–Trinajstić information content (AvgIpc) is 3.61. The van der Waals surface area contributed by atoms with Gasteiger partial charge in [0, 0.05) is 35.4 Å². The first-order valence-corrected chi connectivity index (χ1v) is 20.2. The van der Waals surface area contributed by atoms with Crippen molar-refractivity contribution >= 4 is 28.7 Å². The van der Waals surface area contributed by atoms with Crippen molar-refractivity contribution in [3.05, 3.63) is 101 Å². The minimum atomic E-state index is -1.28. The van der Waals surface area contributed by atoms with Crippen LogP contribution in [0.4, 0.5) is 19.3 Å². The van der Waals surface area contributed by atoms with Crippen LogP contribution in [0.15, 0.2) is 67.0 Å². The number of piperidine rings is 2. The smallest absolute Gasteiger partial charge is 0.410 e. The molecule has 12 heteroatoms. The number of carbonyl (C=O) groups is 2. The van der Waals surface area contributed by atoms with Crippen molar-refractivity contribution in [2.75, 3.05) is 38.0 Å². The fraction of sp³-hybridized carbons (Fsp3) is 0.435. The monoisotopic (exact) mass is 792 g/mol. The summed E-state index contributed by atoms with van der Waals surface area (Å²) in [6, 6.07) is 16.9. The molecule has 2 aliphatic heterocycles. The average molecular weight is 793 g/mol. The Balaban J connectivity index is 0.960. The molecule has 2 amide bonds. The molecular weight excluding hydrogens is 739 g/mol. The predicted octanol–water partition coefficient (Wildman–Crippen LogP) is 9.40. The molecule has 5 aromatic rings. The van der Waals surface area contributed by atoms with Gasteiger partial charge in [0.15, 0.2) is 0 Å². The van der Waals surface area contributed by atoms with Crippen molar-refractivity contribution < 1.29 is 28.2 Å². The first-order chi connectivity index (χ1) is 27.5. The summed E-state index contributed by atoms with van der Waals surface area (Å²) in [5, 5.41) is 13.6. The van der Waals surface area contributed by atoms with Crippen LogP contribution in [0.2, 0.25) is 0 Å². The van der Waals surface area contributed by atoms with Crippen LogP contribution in [0.5, 0.6) is 0 Å². The van der Waals surface area contributed by atoms with Crippen LogP contribution in [-0.2, 0) is 16.8 Å². The van der Waals surface area contributed by atoms with E-state index in [-0.39, 0.29) is 17.3 Å². The van der Waals surface area contributed by atoms with Crippen LogP contribution in [0.3, 0.4) is 0 Å². The Morgan fingerprint density at radius 2 is 1.60 bits per heavy atom. The maximum atomic E-state index is 15.1. The van der Waals surface area contributed by atoms with Crippen molar-refractivity contribution in [2.45, 2.75) is 91.3 Å². The third kappa shape index (κ3) is 9.23. The molecule has 0 atom stereocenters. The van der Waals surface area contributed by atoms with Gasteiger partial charge in [-0.15, -0.1) is 0 Å². The minimum Gasteiger partial charge on any atom is -0.444 e. The first kappa shape index (κ1) is 41.0. The van der Waals surface area contributed by atoms with Crippen molar-refractivity contribution in [3.63, 3.8) is 0 Å². The zero-order chi connectivity index (χ0) is 41.4. The molecular formula is C46H54F2N6O4. The molecule has 3 aromatic carbocycles. The Kier molecular flexibility index (Phi) is 11.5. The molecule has 1 spiro atoms. The largest absolute Gasteiger partial charge is 0.444 e. The van der Waals surface area contributed by atoms with E-state index in [0.717, 1.165) is 75.7 Å². The molecule has 0 aliphatic carbocycles. The van der Waals surface area contributed by atoms with Gasteiger partial charge in [0.05, 0.1) is 16.9 Å². The van der Waals surface area contributed by atoms with E-state index in [1.807, 2.05) is 31.7 Å². The highest BCUT2D eigenvalue weighted by atomic mass is 19.1. The molecule has 0 saturated carbocycles. The quantitative estimate of drug-likeness (QED) is 0.136. The SMILES string of the molecule is Cc1c(NC(=O)c2ccc(C(C)(C)O)cc2F)cc(F)cc1-c1ncnc2[nH]c(-c3ccc(CCCN4CCC5(CC4)CCN(C(=O)OC(C)(C)C)CC5)cc3)cc12. The highest BCUT2D eigenvalue weighted by Crippen LogP contribution is 2.42. The number of carbonyl (C=O) groups excluding carboxylic acids is 2. The number of ether oxygens (including phenoxy) is 1. The van der Waals surface area contributed by atoms with Gasteiger partial charge in [-0.3, -0.25) is 4.79 Å². The topological polar surface area (TPSA) is 124 Å². The summed E-state index contributed by atoms with van der Waals surface area (Å²) in [6.07, 6.45) is 7.73. The Bertz CT molecular complexity index is 2290. The summed E-state index contributed by atoms with van der Waals surface area (Å²) in [5.74, 6) is -2.12. The highest BCUT2D eigenvalue weighted by molar-refractivity contribution is 6.06. The number of amides is 2. The van der Waals surface area contributed by atoms with Gasteiger partial charge in [0.25, 0.3) is 5.91 Å². The maximum Gasteiger partial charge on any atom is 0.410 e. The Morgan fingerprint density at radius 3 is 2.26 bits per heavy atom. The van der Waals surface area contributed by atoms with Crippen LogP contribution in [0.25, 0.3) is 33.5 Å². The van der Waals surface area contributed by atoms with E-state index in [9.17, 15) is 19.1 Å². The van der Waals surface area contributed by atoms with Gasteiger partial charge in [-0.25, -0.2) is 23.5 Å². The van der Waals surface area contributed by atoms with E-state index in [2.05, 4.69) is 49.4 Å². The number of halogens is 2. The van der Waals surface area contributed by atoms with E-state index in [4.69, 9.17) is 4.74 Å². The van der Waals surface area contributed by atoms with Gasteiger partial charge in [0.1, 0.15) is 29.2 Å². The number of aliphatic hydroxyl groups is 1. The Labute approximate surface area is 339 Å². The lowest BCUT2D eigenvalue weighted by atomic mass is 9.71. The lowest BCUT2D eigenvalue weighted by Crippen LogP contribution is -2.49. The molecule has 4 heterocycles. The Hall–Kier alpha value is -5.20. The van der Waals surface area contributed by atoms with Gasteiger partial charge < -0.3 is 29.9 Å². The molecule has 7 rings (SSSR count). The predicted molar refractivity (Wildman–Crippen MR) is 223 cm³/mol. The molecule has 3 N–H and O–H groups in total. The molecule has 0 radical (unpaired) electrons. The summed E-state index contributed by atoms with van der Waals surface area (Å²) in [5.41, 5.74) is 4.07. The third-order valence-corrected chi connectivity index (χ3v) is 11.8. The number of fused-ring (bicyclic) bond motifs is 1. The Morgan fingerprint density at radius 1 is 0.914 bits per heavy atom. The van der Waals surface area contributed by atoms with Crippen LogP contribution < -0.4 is 5.32 Å². The van der Waals surface area contributed by atoms with Crippen LogP contribution in [0, 0.1) is 24.0 Å². The third-order valence-electron chi connectivity index (χ3n) is 11.8. The van der Waals surface area contributed by atoms with Crippen LogP contribution in [0.1, 0.15) is 93.8 Å². The fourth-order valence-electron chi connectivity index (χ4n) is 8.23. The van der Waals surface area contributed by atoms with Crippen molar-refractivity contribution in [1.82, 2.24) is 24.8 Å². The number of hydrogen-bond donors (Lipinski definition) is 3.